The zero-order valence-corrected chi connectivity index (χ0v) is 10.7. The minimum Gasteiger partial charge on any atom is -0.508 e. The van der Waals surface area contributed by atoms with Gasteiger partial charge in [-0.25, -0.2) is 0 Å². The Morgan fingerprint density at radius 3 is 2.65 bits per heavy atom. The van der Waals surface area contributed by atoms with Gasteiger partial charge in [0.2, 0.25) is 5.91 Å². The second-order valence-corrected chi connectivity index (χ2v) is 4.94. The fourth-order valence-corrected chi connectivity index (χ4v) is 1.94. The van der Waals surface area contributed by atoms with E-state index in [1.807, 2.05) is 13.0 Å². The van der Waals surface area contributed by atoms with Crippen LogP contribution in [0.4, 0.5) is 0 Å². The van der Waals surface area contributed by atoms with Gasteiger partial charge in [0, 0.05) is 6.04 Å². The molecule has 0 saturated heterocycles. The molecule has 3 nitrogen and oxygen atoms in total. The van der Waals surface area contributed by atoms with Crippen LogP contribution in [0.5, 0.6) is 5.75 Å². The number of amides is 1. The van der Waals surface area contributed by atoms with Gasteiger partial charge in [0.15, 0.2) is 0 Å². The number of nitrogens with one attached hydrogen (secondary N) is 1. The molecule has 2 N–H and O–H groups in total. The third kappa shape index (κ3) is 5.38. The van der Waals surface area contributed by atoms with E-state index in [1.54, 1.807) is 18.2 Å². The summed E-state index contributed by atoms with van der Waals surface area (Å²) in [5, 5.41) is 12.3. The molecule has 1 aromatic carbocycles. The molecule has 0 spiro atoms. The summed E-state index contributed by atoms with van der Waals surface area (Å²) < 4.78 is 0. The average Bonchev–Trinajstić information content (AvgIpc) is 2.14. The van der Waals surface area contributed by atoms with Crippen LogP contribution >= 0.6 is 0 Å². The monoisotopic (exact) mass is 235 g/mol. The minimum absolute atomic E-state index is 0.00347. The summed E-state index contributed by atoms with van der Waals surface area (Å²) in [7, 11) is 0. The lowest BCUT2D eigenvalue weighted by Crippen LogP contribution is -2.34. The molecule has 0 fully saturated rings. The number of carbonyl (C=O) groups excluding carboxylic acids is 1. The van der Waals surface area contributed by atoms with Crippen molar-refractivity contribution in [3.63, 3.8) is 0 Å². The normalized spacial score (nSPS) is 12.5. The third-order valence-electron chi connectivity index (χ3n) is 2.51. The van der Waals surface area contributed by atoms with Crippen molar-refractivity contribution >= 4 is 5.91 Å². The number of rotatable bonds is 5. The van der Waals surface area contributed by atoms with E-state index in [1.165, 1.54) is 0 Å². The van der Waals surface area contributed by atoms with E-state index in [4.69, 9.17) is 0 Å². The number of phenolic OH excluding ortho intramolecular Hbond substituents is 1. The van der Waals surface area contributed by atoms with E-state index in [0.29, 0.717) is 12.3 Å². The molecular formula is C14H21NO2. The lowest BCUT2D eigenvalue weighted by Gasteiger charge is -2.15. The quantitative estimate of drug-likeness (QED) is 0.823. The summed E-state index contributed by atoms with van der Waals surface area (Å²) in [6, 6.07) is 7.00. The Balaban J connectivity index is 2.44. The van der Waals surface area contributed by atoms with Gasteiger partial charge in [-0.2, -0.15) is 0 Å². The standard InChI is InChI=1S/C14H21NO2/c1-10(2)7-11(3)15-14(17)9-12-5-4-6-13(16)8-12/h4-6,8,10-11,16H,7,9H2,1-3H3,(H,15,17). The van der Waals surface area contributed by atoms with Gasteiger partial charge in [-0.3, -0.25) is 4.79 Å². The Kier molecular flexibility index (Phi) is 5.01. The second-order valence-electron chi connectivity index (χ2n) is 4.94. The van der Waals surface area contributed by atoms with Crippen LogP contribution in [-0.4, -0.2) is 17.1 Å². The zero-order chi connectivity index (χ0) is 12.8. The number of aromatic hydroxyl groups is 1. The van der Waals surface area contributed by atoms with E-state index in [9.17, 15) is 9.90 Å². The van der Waals surface area contributed by atoms with Gasteiger partial charge >= 0.3 is 0 Å². The van der Waals surface area contributed by atoms with Gasteiger partial charge < -0.3 is 10.4 Å². The summed E-state index contributed by atoms with van der Waals surface area (Å²) in [5.74, 6) is 0.778. The van der Waals surface area contributed by atoms with Gasteiger partial charge in [-0.1, -0.05) is 26.0 Å². The number of hydrogen-bond donors (Lipinski definition) is 2. The highest BCUT2D eigenvalue weighted by atomic mass is 16.3. The van der Waals surface area contributed by atoms with E-state index in [0.717, 1.165) is 12.0 Å². The van der Waals surface area contributed by atoms with Crippen LogP contribution in [0.25, 0.3) is 0 Å². The average molecular weight is 235 g/mol. The molecule has 1 unspecified atom stereocenters. The highest BCUT2D eigenvalue weighted by Gasteiger charge is 2.09. The number of benzene rings is 1. The van der Waals surface area contributed by atoms with Crippen LogP contribution in [0.1, 0.15) is 32.8 Å². The van der Waals surface area contributed by atoms with Crippen molar-refractivity contribution in [1.29, 1.82) is 0 Å². The Labute approximate surface area is 103 Å². The molecule has 3 heteroatoms. The van der Waals surface area contributed by atoms with Crippen LogP contribution in [0.3, 0.4) is 0 Å². The molecule has 1 rings (SSSR count). The van der Waals surface area contributed by atoms with Crippen molar-refractivity contribution in [2.75, 3.05) is 0 Å². The molecule has 0 aliphatic heterocycles. The lowest BCUT2D eigenvalue weighted by atomic mass is 10.0. The Morgan fingerprint density at radius 2 is 2.06 bits per heavy atom. The van der Waals surface area contributed by atoms with Crippen molar-refractivity contribution in [3.8, 4) is 5.75 Å². The number of phenols is 1. The summed E-state index contributed by atoms with van der Waals surface area (Å²) in [5.41, 5.74) is 0.833. The highest BCUT2D eigenvalue weighted by molar-refractivity contribution is 5.78. The fraction of sp³-hybridized carbons (Fsp3) is 0.500. The fourth-order valence-electron chi connectivity index (χ4n) is 1.94. The minimum atomic E-state index is 0.00347. The molecule has 0 heterocycles. The topological polar surface area (TPSA) is 49.3 Å². The predicted octanol–water partition coefficient (Wildman–Crippen LogP) is 2.49. The summed E-state index contributed by atoms with van der Waals surface area (Å²) in [4.78, 5) is 11.7. The molecule has 0 aromatic heterocycles. The number of carbonyl (C=O) groups is 1. The van der Waals surface area contributed by atoms with E-state index in [-0.39, 0.29) is 17.7 Å². The Morgan fingerprint density at radius 1 is 1.35 bits per heavy atom. The second kappa shape index (κ2) is 6.28. The van der Waals surface area contributed by atoms with Crippen LogP contribution in [0.15, 0.2) is 24.3 Å². The summed E-state index contributed by atoms with van der Waals surface area (Å²) in [6.07, 6.45) is 1.29. The summed E-state index contributed by atoms with van der Waals surface area (Å²) in [6.45, 7) is 6.29. The van der Waals surface area contributed by atoms with E-state index < -0.39 is 0 Å². The van der Waals surface area contributed by atoms with Gasteiger partial charge in [-0.15, -0.1) is 0 Å². The first-order valence-electron chi connectivity index (χ1n) is 6.04. The largest absolute Gasteiger partial charge is 0.508 e. The lowest BCUT2D eigenvalue weighted by molar-refractivity contribution is -0.121. The molecule has 0 aliphatic carbocycles. The van der Waals surface area contributed by atoms with E-state index >= 15 is 0 Å². The van der Waals surface area contributed by atoms with Crippen molar-refractivity contribution in [2.45, 2.75) is 39.7 Å². The SMILES string of the molecule is CC(C)CC(C)NC(=O)Cc1cccc(O)c1. The van der Waals surface area contributed by atoms with Gasteiger partial charge in [-0.05, 0) is 37.0 Å². The number of hydrogen-bond acceptors (Lipinski definition) is 2. The van der Waals surface area contributed by atoms with Crippen molar-refractivity contribution < 1.29 is 9.90 Å². The van der Waals surface area contributed by atoms with Crippen LogP contribution in [0.2, 0.25) is 0 Å². The van der Waals surface area contributed by atoms with Gasteiger partial charge in [0.25, 0.3) is 0 Å². The maximum absolute atomic E-state index is 11.7. The molecule has 94 valence electrons. The Bertz CT molecular complexity index is 374. The van der Waals surface area contributed by atoms with Crippen molar-refractivity contribution in [1.82, 2.24) is 5.32 Å². The highest BCUT2D eigenvalue weighted by Crippen LogP contribution is 2.11. The molecule has 1 amide bonds. The first-order chi connectivity index (χ1) is 7.97. The third-order valence-corrected chi connectivity index (χ3v) is 2.51. The zero-order valence-electron chi connectivity index (χ0n) is 10.7. The van der Waals surface area contributed by atoms with E-state index in [2.05, 4.69) is 19.2 Å². The van der Waals surface area contributed by atoms with Gasteiger partial charge in [0.1, 0.15) is 5.75 Å². The predicted molar refractivity (Wildman–Crippen MR) is 68.9 cm³/mol. The first kappa shape index (κ1) is 13.6. The summed E-state index contributed by atoms with van der Waals surface area (Å²) >= 11 is 0. The molecule has 0 saturated carbocycles. The Hall–Kier alpha value is -1.51. The molecule has 1 aromatic rings. The molecule has 0 radical (unpaired) electrons. The first-order valence-corrected chi connectivity index (χ1v) is 6.04. The molecular weight excluding hydrogens is 214 g/mol. The van der Waals surface area contributed by atoms with Gasteiger partial charge in [0.05, 0.1) is 6.42 Å². The smallest absolute Gasteiger partial charge is 0.224 e. The molecule has 1 atom stereocenters. The molecule has 0 aliphatic rings. The van der Waals surface area contributed by atoms with Crippen molar-refractivity contribution in [3.05, 3.63) is 29.8 Å². The maximum Gasteiger partial charge on any atom is 0.224 e. The van der Waals surface area contributed by atoms with Crippen LogP contribution in [0, 0.1) is 5.92 Å². The van der Waals surface area contributed by atoms with Crippen LogP contribution < -0.4 is 5.32 Å². The maximum atomic E-state index is 11.7. The van der Waals surface area contributed by atoms with Crippen molar-refractivity contribution in [2.24, 2.45) is 5.92 Å². The van der Waals surface area contributed by atoms with Crippen LogP contribution in [-0.2, 0) is 11.2 Å². The molecule has 0 bridgehead atoms. The molecule has 17 heavy (non-hydrogen) atoms.